The van der Waals surface area contributed by atoms with Crippen LogP contribution in [-0.2, 0) is 38.3 Å². The highest BCUT2D eigenvalue weighted by Crippen LogP contribution is 2.08. The Hall–Kier alpha value is -2.35. The van der Waals surface area contributed by atoms with Crippen LogP contribution >= 0.6 is 50.5 Å². The van der Waals surface area contributed by atoms with Gasteiger partial charge < -0.3 is 42.0 Å². The van der Waals surface area contributed by atoms with Crippen LogP contribution in [0.15, 0.2) is 0 Å². The van der Waals surface area contributed by atoms with Gasteiger partial charge in [0.2, 0.25) is 41.4 Å². The molecule has 52 heavy (non-hydrogen) atoms. The van der Waals surface area contributed by atoms with Gasteiger partial charge in [-0.05, 0) is 80.8 Å². The fraction of sp³-hybridized carbons (Fsp3) is 0.788. The molecular weight excluding hydrogens is 751 g/mol. The number of carbonyl (C=O) groups is 7. The van der Waals surface area contributed by atoms with Crippen molar-refractivity contribution in [2.45, 2.75) is 102 Å². The molecule has 0 rings (SSSR count). The summed E-state index contributed by atoms with van der Waals surface area (Å²) in [6.07, 6.45) is 5.19. The molecular formula is C33H61N7O8S4. The van der Waals surface area contributed by atoms with E-state index in [-0.39, 0.29) is 68.5 Å². The maximum Gasteiger partial charge on any atom is 0.243 e. The summed E-state index contributed by atoms with van der Waals surface area (Å²) in [5.74, 6) is -0.529. The lowest BCUT2D eigenvalue weighted by Gasteiger charge is -2.23. The molecule has 0 aromatic carbocycles. The third-order valence-corrected chi connectivity index (χ3v) is 8.49. The summed E-state index contributed by atoms with van der Waals surface area (Å²) in [4.78, 5) is 87.5. The number of amides is 7. The van der Waals surface area contributed by atoms with Crippen LogP contribution in [0.3, 0.4) is 0 Å². The van der Waals surface area contributed by atoms with Crippen LogP contribution in [0.2, 0.25) is 0 Å². The Bertz CT molecular complexity index is 1080. The molecule has 7 amide bonds. The van der Waals surface area contributed by atoms with Crippen LogP contribution in [0.4, 0.5) is 0 Å². The molecule has 7 N–H and O–H groups in total. The minimum Gasteiger partial charge on any atom is -0.383 e. The first-order valence-corrected chi connectivity index (χ1v) is 20.5. The highest BCUT2D eigenvalue weighted by atomic mass is 32.1. The molecule has 0 aliphatic carbocycles. The zero-order valence-electron chi connectivity index (χ0n) is 30.3. The second kappa shape index (κ2) is 33.2. The molecule has 0 saturated heterocycles. The highest BCUT2D eigenvalue weighted by molar-refractivity contribution is 7.80. The molecule has 0 radical (unpaired) electrons. The summed E-state index contributed by atoms with van der Waals surface area (Å²) < 4.78 is 5.02. The fourth-order valence-corrected chi connectivity index (χ4v) is 5.62. The Morgan fingerprint density at radius 2 is 0.788 bits per heavy atom. The maximum absolute atomic E-state index is 13.4. The number of hydrogen-bond donors (Lipinski definition) is 11. The van der Waals surface area contributed by atoms with Crippen LogP contribution in [0.1, 0.15) is 83.5 Å². The van der Waals surface area contributed by atoms with E-state index in [0.717, 1.165) is 0 Å². The molecule has 0 fully saturated rings. The van der Waals surface area contributed by atoms with E-state index in [4.69, 9.17) is 4.74 Å². The van der Waals surface area contributed by atoms with E-state index in [1.807, 2.05) is 0 Å². The van der Waals surface area contributed by atoms with Crippen molar-refractivity contribution in [2.24, 2.45) is 0 Å². The molecule has 3 unspecified atom stereocenters. The molecule has 0 spiro atoms. The molecule has 15 nitrogen and oxygen atoms in total. The quantitative estimate of drug-likeness (QED) is 0.0336. The Morgan fingerprint density at radius 3 is 1.19 bits per heavy atom. The van der Waals surface area contributed by atoms with Crippen molar-refractivity contribution in [3.05, 3.63) is 0 Å². The SMILES string of the molecule is COCCNC(=O)C(CCCCNC(=O)C(CCCCNC(=O)CCS)NC(=O)CCS)NC(=O)C(CCCCNC(=O)CCS)NC(=O)CCS. The van der Waals surface area contributed by atoms with Crippen molar-refractivity contribution in [3.8, 4) is 0 Å². The molecule has 300 valence electrons. The monoisotopic (exact) mass is 811 g/mol. The number of thiol groups is 4. The summed E-state index contributed by atoms with van der Waals surface area (Å²) in [6, 6.07) is -2.56. The number of ether oxygens (including phenoxy) is 1. The van der Waals surface area contributed by atoms with Crippen LogP contribution in [-0.4, -0.2) is 122 Å². The first kappa shape index (κ1) is 49.6. The third kappa shape index (κ3) is 26.4. The lowest BCUT2D eigenvalue weighted by Crippen LogP contribution is -2.54. The van der Waals surface area contributed by atoms with E-state index >= 15 is 0 Å². The summed E-state index contributed by atoms with van der Waals surface area (Å²) in [7, 11) is 1.51. The van der Waals surface area contributed by atoms with Gasteiger partial charge in [-0.15, -0.1) is 0 Å². The summed E-state index contributed by atoms with van der Waals surface area (Å²) in [5.41, 5.74) is 0. The molecule has 0 aliphatic heterocycles. The predicted molar refractivity (Wildman–Crippen MR) is 215 cm³/mol. The van der Waals surface area contributed by atoms with Gasteiger partial charge in [0.05, 0.1) is 6.61 Å². The Balaban J connectivity index is 5.27. The predicted octanol–water partition coefficient (Wildman–Crippen LogP) is 0.343. The number of methoxy groups -OCH3 is 1. The average molecular weight is 812 g/mol. The molecule has 0 aliphatic rings. The molecule has 0 aromatic heterocycles. The zero-order chi connectivity index (χ0) is 39.0. The second-order valence-electron chi connectivity index (χ2n) is 12.0. The molecule has 0 aromatic rings. The minimum atomic E-state index is -0.911. The van der Waals surface area contributed by atoms with Gasteiger partial charge in [0, 0.05) is 59.0 Å². The van der Waals surface area contributed by atoms with Gasteiger partial charge in [-0.3, -0.25) is 33.6 Å². The van der Waals surface area contributed by atoms with Crippen molar-refractivity contribution in [1.82, 2.24) is 37.2 Å². The van der Waals surface area contributed by atoms with Gasteiger partial charge in [0.15, 0.2) is 0 Å². The standard InChI is InChI=1S/C33H61N7O8S4/c1-48-19-18-37-32(46)25(40-33(47)26(39-30(44)14-23-52)10-3-6-16-35-28(42)12-21-50)9-4-7-17-36-31(45)24(38-29(43)13-22-51)8-2-5-15-34-27(41)11-20-49/h24-26,49-52H,2-23H2,1H3,(H,34,41)(H,35,42)(H,36,45)(H,37,46)(H,38,43)(H,39,44)(H,40,47). The van der Waals surface area contributed by atoms with E-state index in [0.29, 0.717) is 100 Å². The van der Waals surface area contributed by atoms with Crippen LogP contribution < -0.4 is 37.2 Å². The van der Waals surface area contributed by atoms with Crippen molar-refractivity contribution in [3.63, 3.8) is 0 Å². The largest absolute Gasteiger partial charge is 0.383 e. The van der Waals surface area contributed by atoms with Crippen LogP contribution in [0.5, 0.6) is 0 Å². The topological polar surface area (TPSA) is 213 Å². The van der Waals surface area contributed by atoms with Gasteiger partial charge >= 0.3 is 0 Å². The van der Waals surface area contributed by atoms with Gasteiger partial charge in [0.1, 0.15) is 18.1 Å². The first-order valence-electron chi connectivity index (χ1n) is 17.9. The Labute approximate surface area is 330 Å². The van der Waals surface area contributed by atoms with Crippen LogP contribution in [0.25, 0.3) is 0 Å². The van der Waals surface area contributed by atoms with Crippen LogP contribution in [0, 0.1) is 0 Å². The number of unbranched alkanes of at least 4 members (excludes halogenated alkanes) is 3. The maximum atomic E-state index is 13.4. The van der Waals surface area contributed by atoms with E-state index in [2.05, 4.69) is 87.7 Å². The van der Waals surface area contributed by atoms with E-state index in [9.17, 15) is 33.6 Å². The van der Waals surface area contributed by atoms with Gasteiger partial charge in [-0.2, -0.15) is 50.5 Å². The van der Waals surface area contributed by atoms with Crippen molar-refractivity contribution >= 4 is 91.9 Å². The highest BCUT2D eigenvalue weighted by Gasteiger charge is 2.26. The smallest absolute Gasteiger partial charge is 0.243 e. The average Bonchev–Trinajstić information content (AvgIpc) is 3.10. The summed E-state index contributed by atoms with van der Waals surface area (Å²) >= 11 is 16.3. The van der Waals surface area contributed by atoms with Crippen molar-refractivity contribution < 1.29 is 38.3 Å². The molecule has 3 atom stereocenters. The molecule has 0 saturated carbocycles. The first-order chi connectivity index (χ1) is 25.0. The number of hydrogen-bond acceptors (Lipinski definition) is 12. The lowest BCUT2D eigenvalue weighted by atomic mass is 10.0. The third-order valence-electron chi connectivity index (χ3n) is 7.60. The second-order valence-corrected chi connectivity index (χ2v) is 13.7. The minimum absolute atomic E-state index is 0.0876. The van der Waals surface area contributed by atoms with Gasteiger partial charge in [-0.25, -0.2) is 0 Å². The number of nitrogens with one attached hydrogen (secondary N) is 7. The van der Waals surface area contributed by atoms with E-state index < -0.39 is 29.9 Å². The Morgan fingerprint density at radius 1 is 0.442 bits per heavy atom. The Kier molecular flexibility index (Phi) is 31.7. The normalized spacial score (nSPS) is 12.5. The van der Waals surface area contributed by atoms with E-state index in [1.54, 1.807) is 0 Å². The lowest BCUT2D eigenvalue weighted by molar-refractivity contribution is -0.132. The zero-order valence-corrected chi connectivity index (χ0v) is 33.9. The van der Waals surface area contributed by atoms with E-state index in [1.165, 1.54) is 7.11 Å². The molecule has 0 heterocycles. The number of rotatable bonds is 32. The summed E-state index contributed by atoms with van der Waals surface area (Å²) in [6.45, 7) is 1.67. The van der Waals surface area contributed by atoms with Crippen molar-refractivity contribution in [2.75, 3.05) is 62.9 Å². The molecule has 0 bridgehead atoms. The molecule has 19 heteroatoms. The summed E-state index contributed by atoms with van der Waals surface area (Å²) in [5, 5.41) is 19.5. The fourth-order valence-electron chi connectivity index (χ4n) is 4.80. The van der Waals surface area contributed by atoms with Gasteiger partial charge in [-0.1, -0.05) is 0 Å². The number of carbonyl (C=O) groups excluding carboxylic acids is 7. The van der Waals surface area contributed by atoms with Crippen molar-refractivity contribution in [1.29, 1.82) is 0 Å². The van der Waals surface area contributed by atoms with Gasteiger partial charge in [0.25, 0.3) is 0 Å².